The quantitative estimate of drug-likeness (QED) is 0.750. The number of methoxy groups -OCH3 is 1. The van der Waals surface area contributed by atoms with Gasteiger partial charge in [0.05, 0.1) is 19.0 Å². The monoisotopic (exact) mass is 367 g/mol. The number of fused-ring (bicyclic) bond motifs is 1. The van der Waals surface area contributed by atoms with Crippen LogP contribution < -0.4 is 10.1 Å². The number of nitrogens with one attached hydrogen (secondary N) is 1. The second kappa shape index (κ2) is 6.50. The predicted molar refractivity (Wildman–Crippen MR) is 101 cm³/mol. The molecule has 0 aliphatic carbocycles. The van der Waals surface area contributed by atoms with E-state index in [9.17, 15) is 4.79 Å². The van der Waals surface area contributed by atoms with Gasteiger partial charge in [-0.05, 0) is 42.3 Å². The summed E-state index contributed by atoms with van der Waals surface area (Å²) >= 11 is 6.26. The van der Waals surface area contributed by atoms with E-state index in [1.54, 1.807) is 11.8 Å². The number of halogens is 1. The topological polar surface area (TPSA) is 56.1 Å². The zero-order valence-corrected chi connectivity index (χ0v) is 15.2. The number of amides is 1. The van der Waals surface area contributed by atoms with Gasteiger partial charge in [0.1, 0.15) is 11.6 Å². The summed E-state index contributed by atoms with van der Waals surface area (Å²) in [5.41, 5.74) is 3.78. The first-order valence-corrected chi connectivity index (χ1v) is 8.73. The molecule has 1 aliphatic heterocycles. The normalized spacial score (nSPS) is 16.1. The number of carbonyl (C=O) groups excluding carboxylic acids is 1. The highest BCUT2D eigenvalue weighted by molar-refractivity contribution is 6.31. The lowest BCUT2D eigenvalue weighted by Gasteiger charge is -2.24. The highest BCUT2D eigenvalue weighted by atomic mass is 35.5. The van der Waals surface area contributed by atoms with Gasteiger partial charge in [0.15, 0.2) is 0 Å². The molecule has 0 spiro atoms. The Bertz CT molecular complexity index is 996. The molecular formula is C20H18ClN3O2. The Labute approximate surface area is 156 Å². The van der Waals surface area contributed by atoms with Crippen LogP contribution >= 0.6 is 11.6 Å². The fraction of sp³-hybridized carbons (Fsp3) is 0.200. The summed E-state index contributed by atoms with van der Waals surface area (Å²) in [5, 5.41) is 8.17. The molecule has 1 atom stereocenters. The van der Waals surface area contributed by atoms with Gasteiger partial charge in [0, 0.05) is 22.9 Å². The number of carbonyl (C=O) groups is 1. The molecule has 2 aromatic carbocycles. The first kappa shape index (κ1) is 16.7. The summed E-state index contributed by atoms with van der Waals surface area (Å²) in [7, 11) is 1.64. The summed E-state index contributed by atoms with van der Waals surface area (Å²) in [6.45, 7) is 1.94. The van der Waals surface area contributed by atoms with Crippen molar-refractivity contribution in [2.45, 2.75) is 19.3 Å². The molecule has 1 amide bonds. The molecular weight excluding hydrogens is 350 g/mol. The van der Waals surface area contributed by atoms with E-state index in [0.717, 1.165) is 28.1 Å². The van der Waals surface area contributed by atoms with Crippen molar-refractivity contribution < 1.29 is 9.53 Å². The van der Waals surface area contributed by atoms with Gasteiger partial charge in [-0.3, -0.25) is 4.79 Å². The fourth-order valence-electron chi connectivity index (χ4n) is 3.38. The zero-order valence-electron chi connectivity index (χ0n) is 14.5. The van der Waals surface area contributed by atoms with Crippen molar-refractivity contribution in [3.05, 3.63) is 70.4 Å². The average Bonchev–Trinajstić information content (AvgIpc) is 3.07. The Kier molecular flexibility index (Phi) is 4.17. The third kappa shape index (κ3) is 2.74. The molecule has 0 unspecified atom stereocenters. The third-order valence-electron chi connectivity index (χ3n) is 4.78. The summed E-state index contributed by atoms with van der Waals surface area (Å²) in [4.78, 5) is 12.4. The lowest BCUT2D eigenvalue weighted by atomic mass is 9.87. The van der Waals surface area contributed by atoms with Gasteiger partial charge < -0.3 is 10.1 Å². The molecule has 6 heteroatoms. The standard InChI is InChI=1S/C20H18ClN3O2/c1-12-17(21)7-4-8-18(12)24-20-16(11-22-24)15(10-19(25)23-20)13-5-3-6-14(9-13)26-2/h3-9,11,15H,10H2,1-2H3,(H,23,25)/t15-/m0/s1. The van der Waals surface area contributed by atoms with E-state index in [4.69, 9.17) is 16.3 Å². The highest BCUT2D eigenvalue weighted by Crippen LogP contribution is 2.39. The Morgan fingerprint density at radius 2 is 2.08 bits per heavy atom. The molecule has 0 bridgehead atoms. The number of rotatable bonds is 3. The van der Waals surface area contributed by atoms with Gasteiger partial charge in [0.2, 0.25) is 5.91 Å². The van der Waals surface area contributed by atoms with Crippen LogP contribution in [0.2, 0.25) is 5.02 Å². The van der Waals surface area contributed by atoms with Gasteiger partial charge in [0.25, 0.3) is 0 Å². The molecule has 3 aromatic rings. The lowest BCUT2D eigenvalue weighted by Crippen LogP contribution is -2.24. The summed E-state index contributed by atoms with van der Waals surface area (Å²) in [6.07, 6.45) is 2.19. The largest absolute Gasteiger partial charge is 0.497 e. The number of aromatic nitrogens is 2. The van der Waals surface area contributed by atoms with Crippen LogP contribution in [0.4, 0.5) is 5.82 Å². The highest BCUT2D eigenvalue weighted by Gasteiger charge is 2.30. The maximum Gasteiger partial charge on any atom is 0.226 e. The maximum atomic E-state index is 12.4. The maximum absolute atomic E-state index is 12.4. The molecule has 132 valence electrons. The molecule has 0 saturated heterocycles. The molecule has 1 aromatic heterocycles. The molecule has 2 heterocycles. The van der Waals surface area contributed by atoms with Crippen molar-refractivity contribution in [2.75, 3.05) is 12.4 Å². The van der Waals surface area contributed by atoms with Crippen LogP contribution in [0.25, 0.3) is 5.69 Å². The average molecular weight is 368 g/mol. The Balaban J connectivity index is 1.84. The first-order valence-electron chi connectivity index (χ1n) is 8.35. The minimum absolute atomic E-state index is 0.0354. The van der Waals surface area contributed by atoms with Crippen LogP contribution in [0.5, 0.6) is 5.75 Å². The number of ether oxygens (including phenoxy) is 1. The van der Waals surface area contributed by atoms with Gasteiger partial charge in [-0.1, -0.05) is 29.8 Å². The summed E-state index contributed by atoms with van der Waals surface area (Å²) in [5.74, 6) is 1.36. The fourth-order valence-corrected chi connectivity index (χ4v) is 3.55. The van der Waals surface area contributed by atoms with Gasteiger partial charge in [-0.25, -0.2) is 4.68 Å². The molecule has 0 radical (unpaired) electrons. The van der Waals surface area contributed by atoms with E-state index in [-0.39, 0.29) is 11.8 Å². The van der Waals surface area contributed by atoms with Crippen molar-refractivity contribution in [3.63, 3.8) is 0 Å². The van der Waals surface area contributed by atoms with E-state index in [1.165, 1.54) is 0 Å². The van der Waals surface area contributed by atoms with Gasteiger partial charge in [-0.2, -0.15) is 5.10 Å². The molecule has 1 N–H and O–H groups in total. The molecule has 1 aliphatic rings. The van der Waals surface area contributed by atoms with Crippen LogP contribution in [0, 0.1) is 6.92 Å². The third-order valence-corrected chi connectivity index (χ3v) is 5.19. The van der Waals surface area contributed by atoms with E-state index < -0.39 is 0 Å². The van der Waals surface area contributed by atoms with Crippen molar-refractivity contribution in [2.24, 2.45) is 0 Å². The Morgan fingerprint density at radius 1 is 1.27 bits per heavy atom. The summed E-state index contributed by atoms with van der Waals surface area (Å²) in [6, 6.07) is 13.5. The van der Waals surface area contributed by atoms with E-state index in [0.29, 0.717) is 17.3 Å². The van der Waals surface area contributed by atoms with Crippen LogP contribution in [0.15, 0.2) is 48.7 Å². The smallest absolute Gasteiger partial charge is 0.226 e. The number of nitrogens with zero attached hydrogens (tertiary/aromatic N) is 2. The SMILES string of the molecule is COc1cccc([C@@H]2CC(=O)Nc3c2cnn3-c2cccc(Cl)c2C)c1. The van der Waals surface area contributed by atoms with Crippen molar-refractivity contribution in [1.82, 2.24) is 9.78 Å². The number of hydrogen-bond acceptors (Lipinski definition) is 3. The number of benzene rings is 2. The van der Waals surface area contributed by atoms with Crippen molar-refractivity contribution in [1.29, 1.82) is 0 Å². The van der Waals surface area contributed by atoms with Crippen molar-refractivity contribution >= 4 is 23.3 Å². The van der Waals surface area contributed by atoms with Crippen LogP contribution in [-0.2, 0) is 4.79 Å². The van der Waals surface area contributed by atoms with Crippen molar-refractivity contribution in [3.8, 4) is 11.4 Å². The summed E-state index contributed by atoms with van der Waals surface area (Å²) < 4.78 is 7.08. The van der Waals surface area contributed by atoms with Crippen LogP contribution in [0.3, 0.4) is 0 Å². The Hall–Kier alpha value is -2.79. The zero-order chi connectivity index (χ0) is 18.3. The van der Waals surface area contributed by atoms with Crippen LogP contribution in [-0.4, -0.2) is 22.8 Å². The van der Waals surface area contributed by atoms with E-state index in [1.807, 2.05) is 55.6 Å². The molecule has 5 nitrogen and oxygen atoms in total. The minimum Gasteiger partial charge on any atom is -0.497 e. The Morgan fingerprint density at radius 3 is 2.88 bits per heavy atom. The molecule has 26 heavy (non-hydrogen) atoms. The number of hydrogen-bond donors (Lipinski definition) is 1. The second-order valence-electron chi connectivity index (χ2n) is 6.33. The first-order chi connectivity index (χ1) is 12.6. The van der Waals surface area contributed by atoms with Gasteiger partial charge >= 0.3 is 0 Å². The lowest BCUT2D eigenvalue weighted by molar-refractivity contribution is -0.116. The van der Waals surface area contributed by atoms with E-state index >= 15 is 0 Å². The van der Waals surface area contributed by atoms with Crippen LogP contribution in [0.1, 0.15) is 29.0 Å². The predicted octanol–water partition coefficient (Wildman–Crippen LogP) is 4.32. The second-order valence-corrected chi connectivity index (χ2v) is 6.73. The van der Waals surface area contributed by atoms with Gasteiger partial charge in [-0.15, -0.1) is 0 Å². The molecule has 4 rings (SSSR count). The molecule has 0 saturated carbocycles. The molecule has 0 fully saturated rings. The number of anilines is 1. The van der Waals surface area contributed by atoms with E-state index in [2.05, 4.69) is 10.4 Å². The minimum atomic E-state index is -0.0675.